The molecule has 1 atom stereocenters. The quantitative estimate of drug-likeness (QED) is 0.854. The Morgan fingerprint density at radius 2 is 2.05 bits per heavy atom. The maximum atomic E-state index is 6.55. The molecule has 3 rings (SSSR count). The van der Waals surface area contributed by atoms with Crippen LogP contribution in [0.2, 0.25) is 5.02 Å². The van der Waals surface area contributed by atoms with Gasteiger partial charge < -0.3 is 10.2 Å². The van der Waals surface area contributed by atoms with E-state index in [2.05, 4.69) is 35.3 Å². The minimum Gasteiger partial charge on any atom is -0.370 e. The summed E-state index contributed by atoms with van der Waals surface area (Å²) < 4.78 is 0. The van der Waals surface area contributed by atoms with Crippen molar-refractivity contribution >= 4 is 17.3 Å². The predicted octanol–water partition coefficient (Wildman–Crippen LogP) is 4.61. The van der Waals surface area contributed by atoms with E-state index in [1.807, 2.05) is 0 Å². The Kier molecular flexibility index (Phi) is 5.07. The fraction of sp³-hybridized carbons (Fsp3) is 0.667. The van der Waals surface area contributed by atoms with Gasteiger partial charge in [0, 0.05) is 25.7 Å². The van der Waals surface area contributed by atoms with Gasteiger partial charge in [-0.2, -0.15) is 0 Å². The molecule has 1 aliphatic carbocycles. The molecule has 1 unspecified atom stereocenters. The fourth-order valence-electron chi connectivity index (χ4n) is 3.28. The normalized spacial score (nSPS) is 23.1. The van der Waals surface area contributed by atoms with Crippen LogP contribution < -0.4 is 10.2 Å². The van der Waals surface area contributed by atoms with Crippen LogP contribution >= 0.6 is 11.6 Å². The Balaban J connectivity index is 1.63. The number of hydrogen-bond donors (Lipinski definition) is 1. The number of nitrogens with zero attached hydrogens (tertiary/aromatic N) is 1. The van der Waals surface area contributed by atoms with Gasteiger partial charge in [-0.15, -0.1) is 0 Å². The predicted molar refractivity (Wildman–Crippen MR) is 91.2 cm³/mol. The minimum atomic E-state index is 0.750. The average molecular weight is 307 g/mol. The summed E-state index contributed by atoms with van der Waals surface area (Å²) in [6, 6.07) is 7.35. The van der Waals surface area contributed by atoms with Crippen molar-refractivity contribution in [3.63, 3.8) is 0 Å². The van der Waals surface area contributed by atoms with Gasteiger partial charge in [0.1, 0.15) is 0 Å². The van der Waals surface area contributed by atoms with Gasteiger partial charge in [-0.05, 0) is 55.7 Å². The van der Waals surface area contributed by atoms with Crippen molar-refractivity contribution in [3.05, 3.63) is 28.8 Å². The summed E-state index contributed by atoms with van der Waals surface area (Å²) >= 11 is 6.55. The molecule has 0 spiro atoms. The van der Waals surface area contributed by atoms with Crippen molar-refractivity contribution in [3.8, 4) is 0 Å². The van der Waals surface area contributed by atoms with Gasteiger partial charge in [0.2, 0.25) is 0 Å². The summed E-state index contributed by atoms with van der Waals surface area (Å²) in [4.78, 5) is 2.48. The van der Waals surface area contributed by atoms with Gasteiger partial charge in [-0.25, -0.2) is 0 Å². The van der Waals surface area contributed by atoms with E-state index in [0.717, 1.165) is 36.6 Å². The molecule has 1 aromatic rings. The Labute approximate surface area is 133 Å². The summed E-state index contributed by atoms with van der Waals surface area (Å²) in [5.41, 5.74) is 2.53. The summed E-state index contributed by atoms with van der Waals surface area (Å²) in [6.07, 6.45) is 7.94. The van der Waals surface area contributed by atoms with Crippen LogP contribution in [0.25, 0.3) is 0 Å². The second-order valence-corrected chi connectivity index (χ2v) is 7.04. The molecular weight excluding hydrogens is 280 g/mol. The molecule has 1 aromatic carbocycles. The van der Waals surface area contributed by atoms with Crippen LogP contribution in [0, 0.1) is 5.92 Å². The van der Waals surface area contributed by atoms with Crippen LogP contribution in [-0.4, -0.2) is 19.1 Å². The average Bonchev–Trinajstić information content (AvgIpc) is 3.32. The first kappa shape index (κ1) is 15.2. The third kappa shape index (κ3) is 4.14. The molecule has 2 aliphatic rings. The molecule has 1 aliphatic heterocycles. The highest BCUT2D eigenvalue weighted by molar-refractivity contribution is 6.33. The number of rotatable bonds is 5. The van der Waals surface area contributed by atoms with Crippen molar-refractivity contribution in [2.45, 2.75) is 58.0 Å². The lowest BCUT2D eigenvalue weighted by molar-refractivity contribution is 0.459. The molecule has 0 bridgehead atoms. The Morgan fingerprint density at radius 1 is 1.19 bits per heavy atom. The van der Waals surface area contributed by atoms with E-state index < -0.39 is 0 Å². The molecule has 1 N–H and O–H groups in total. The highest BCUT2D eigenvalue weighted by atomic mass is 35.5. The van der Waals surface area contributed by atoms with Gasteiger partial charge in [0.15, 0.2) is 0 Å². The van der Waals surface area contributed by atoms with Crippen LogP contribution in [0.4, 0.5) is 5.69 Å². The maximum absolute atomic E-state index is 6.55. The molecule has 2 fully saturated rings. The second-order valence-electron chi connectivity index (χ2n) is 6.63. The number of nitrogens with one attached hydrogen (secondary N) is 1. The second kappa shape index (κ2) is 7.02. The van der Waals surface area contributed by atoms with Gasteiger partial charge in [-0.1, -0.05) is 31.0 Å². The van der Waals surface area contributed by atoms with Crippen molar-refractivity contribution in [1.29, 1.82) is 0 Å². The van der Waals surface area contributed by atoms with E-state index in [-0.39, 0.29) is 0 Å². The summed E-state index contributed by atoms with van der Waals surface area (Å²) in [5.74, 6) is 0.899. The number of hydrogen-bond acceptors (Lipinski definition) is 2. The molecule has 1 heterocycles. The number of benzene rings is 1. The van der Waals surface area contributed by atoms with Crippen LogP contribution in [0.3, 0.4) is 0 Å². The lowest BCUT2D eigenvalue weighted by atomic mass is 9.98. The van der Waals surface area contributed by atoms with Crippen LogP contribution in [0.5, 0.6) is 0 Å². The Hall–Kier alpha value is -0.730. The van der Waals surface area contributed by atoms with E-state index in [9.17, 15) is 0 Å². The lowest BCUT2D eigenvalue weighted by Crippen LogP contribution is -2.24. The molecule has 0 amide bonds. The van der Waals surface area contributed by atoms with Gasteiger partial charge in [-0.3, -0.25) is 0 Å². The standard InChI is InChI=1S/C18H27ClN2/c1-2-14-4-3-10-21(11-9-14)18-8-5-15(12-17(18)19)13-20-16-6-7-16/h5,8,12,14,16,20H,2-4,6-7,9-11,13H2,1H3. The largest absolute Gasteiger partial charge is 0.370 e. The topological polar surface area (TPSA) is 15.3 Å². The summed E-state index contributed by atoms with van der Waals surface area (Å²) in [6.45, 7) is 5.56. The molecule has 3 heteroatoms. The Bertz CT molecular complexity index is 470. The first-order valence-electron chi connectivity index (χ1n) is 8.53. The van der Waals surface area contributed by atoms with Crippen molar-refractivity contribution < 1.29 is 0 Å². The van der Waals surface area contributed by atoms with Crippen molar-refractivity contribution in [2.75, 3.05) is 18.0 Å². The third-order valence-electron chi connectivity index (χ3n) is 4.95. The van der Waals surface area contributed by atoms with Gasteiger partial charge in [0.05, 0.1) is 10.7 Å². The van der Waals surface area contributed by atoms with E-state index in [1.165, 1.54) is 49.8 Å². The first-order chi connectivity index (χ1) is 10.3. The monoisotopic (exact) mass is 306 g/mol. The molecule has 1 saturated heterocycles. The number of anilines is 1. The van der Waals surface area contributed by atoms with Gasteiger partial charge >= 0.3 is 0 Å². The third-order valence-corrected chi connectivity index (χ3v) is 5.25. The highest BCUT2D eigenvalue weighted by Gasteiger charge is 2.21. The first-order valence-corrected chi connectivity index (χ1v) is 8.91. The van der Waals surface area contributed by atoms with E-state index >= 15 is 0 Å². The van der Waals surface area contributed by atoms with Crippen molar-refractivity contribution in [1.82, 2.24) is 5.32 Å². The zero-order valence-corrected chi connectivity index (χ0v) is 13.8. The summed E-state index contributed by atoms with van der Waals surface area (Å²) in [7, 11) is 0. The molecule has 1 saturated carbocycles. The van der Waals surface area contributed by atoms with Gasteiger partial charge in [0.25, 0.3) is 0 Å². The molecule has 0 aromatic heterocycles. The molecule has 116 valence electrons. The van der Waals surface area contributed by atoms with Crippen molar-refractivity contribution in [2.24, 2.45) is 5.92 Å². The van der Waals surface area contributed by atoms with Crippen LogP contribution in [0.15, 0.2) is 18.2 Å². The summed E-state index contributed by atoms with van der Waals surface area (Å²) in [5, 5.41) is 4.47. The minimum absolute atomic E-state index is 0.750. The molecular formula is C18H27ClN2. The zero-order chi connectivity index (χ0) is 14.7. The molecule has 0 radical (unpaired) electrons. The lowest BCUT2D eigenvalue weighted by Gasteiger charge is -2.24. The van der Waals surface area contributed by atoms with E-state index in [0.29, 0.717) is 0 Å². The zero-order valence-electron chi connectivity index (χ0n) is 13.1. The molecule has 21 heavy (non-hydrogen) atoms. The SMILES string of the molecule is CCC1CCCN(c2ccc(CNC3CC3)cc2Cl)CC1. The van der Waals surface area contributed by atoms with E-state index in [4.69, 9.17) is 11.6 Å². The highest BCUT2D eigenvalue weighted by Crippen LogP contribution is 2.31. The van der Waals surface area contributed by atoms with E-state index in [1.54, 1.807) is 0 Å². The maximum Gasteiger partial charge on any atom is 0.0642 e. The van der Waals surface area contributed by atoms with Crippen LogP contribution in [-0.2, 0) is 6.54 Å². The fourth-order valence-corrected chi connectivity index (χ4v) is 3.60. The van der Waals surface area contributed by atoms with Crippen LogP contribution in [0.1, 0.15) is 51.0 Å². The molecule has 2 nitrogen and oxygen atoms in total. The Morgan fingerprint density at radius 3 is 2.76 bits per heavy atom. The number of halogens is 1. The smallest absolute Gasteiger partial charge is 0.0642 e.